The second-order valence-corrected chi connectivity index (χ2v) is 11.5. The van der Waals surface area contributed by atoms with Gasteiger partial charge in [-0.25, -0.2) is 9.97 Å². The van der Waals surface area contributed by atoms with E-state index in [4.69, 9.17) is 16.3 Å². The van der Waals surface area contributed by atoms with Crippen molar-refractivity contribution < 1.29 is 4.74 Å². The summed E-state index contributed by atoms with van der Waals surface area (Å²) < 4.78 is 7.56. The van der Waals surface area contributed by atoms with Gasteiger partial charge >= 0.3 is 0 Å². The molecular weight excluding hydrogens is 266 g/mol. The molecule has 0 aliphatic heterocycles. The number of aromatic nitrogens is 3. The number of nitrogens with zero attached hydrogens (tertiary/aromatic N) is 3. The van der Waals surface area contributed by atoms with Crippen molar-refractivity contribution >= 4 is 30.8 Å². The molecule has 2 rings (SSSR count). The molecule has 18 heavy (non-hydrogen) atoms. The average molecular weight is 284 g/mol. The number of rotatable bonds is 5. The second kappa shape index (κ2) is 5.38. The summed E-state index contributed by atoms with van der Waals surface area (Å²) >= 11 is 5.88. The first kappa shape index (κ1) is 13.5. The van der Waals surface area contributed by atoms with Crippen molar-refractivity contribution in [2.75, 3.05) is 6.61 Å². The first-order chi connectivity index (χ1) is 8.46. The monoisotopic (exact) mass is 283 g/mol. The number of pyridine rings is 1. The lowest BCUT2D eigenvalue weighted by molar-refractivity contribution is 0.0895. The molecular formula is C12H18ClN3OSi. The fourth-order valence-electron chi connectivity index (χ4n) is 1.55. The molecule has 2 aromatic rings. The first-order valence-electron chi connectivity index (χ1n) is 6.01. The van der Waals surface area contributed by atoms with E-state index in [1.54, 1.807) is 12.4 Å². The number of ether oxygens (including phenoxy) is 1. The number of halogens is 1. The molecule has 0 atom stereocenters. The number of fused-ring (bicyclic) bond motifs is 1. The van der Waals surface area contributed by atoms with Gasteiger partial charge in [0.15, 0.2) is 5.65 Å². The molecule has 98 valence electrons. The Morgan fingerprint density at radius 1 is 1.33 bits per heavy atom. The molecule has 2 heterocycles. The zero-order valence-electron chi connectivity index (χ0n) is 11.0. The summed E-state index contributed by atoms with van der Waals surface area (Å²) in [4.78, 5) is 8.52. The van der Waals surface area contributed by atoms with Crippen LogP contribution in [-0.4, -0.2) is 29.2 Å². The summed E-state index contributed by atoms with van der Waals surface area (Å²) in [6, 6.07) is 4.77. The van der Waals surface area contributed by atoms with Crippen LogP contribution >= 0.6 is 11.6 Å². The van der Waals surface area contributed by atoms with Crippen LogP contribution in [0, 0.1) is 0 Å². The van der Waals surface area contributed by atoms with E-state index < -0.39 is 8.07 Å². The van der Waals surface area contributed by atoms with Crippen LogP contribution < -0.4 is 0 Å². The molecule has 6 heteroatoms. The van der Waals surface area contributed by atoms with Crippen LogP contribution in [0.4, 0.5) is 0 Å². The maximum atomic E-state index is 5.88. The molecule has 0 saturated carbocycles. The molecule has 2 aromatic heterocycles. The van der Waals surface area contributed by atoms with Crippen molar-refractivity contribution in [3.63, 3.8) is 0 Å². The van der Waals surface area contributed by atoms with Gasteiger partial charge in [0.1, 0.15) is 17.4 Å². The Kier molecular flexibility index (Phi) is 4.04. The van der Waals surface area contributed by atoms with E-state index in [1.807, 2.05) is 10.6 Å². The van der Waals surface area contributed by atoms with Crippen LogP contribution in [0.3, 0.4) is 0 Å². The summed E-state index contributed by atoms with van der Waals surface area (Å²) in [5.74, 6) is 0. The van der Waals surface area contributed by atoms with E-state index in [0.29, 0.717) is 11.9 Å². The highest BCUT2D eigenvalue weighted by Crippen LogP contribution is 2.14. The highest BCUT2D eigenvalue weighted by Gasteiger charge is 2.12. The Morgan fingerprint density at radius 3 is 2.83 bits per heavy atom. The fraction of sp³-hybridized carbons (Fsp3) is 0.500. The minimum absolute atomic E-state index is 0.478. The minimum Gasteiger partial charge on any atom is -0.361 e. The van der Waals surface area contributed by atoms with Crippen molar-refractivity contribution in [3.05, 3.63) is 23.6 Å². The van der Waals surface area contributed by atoms with E-state index >= 15 is 0 Å². The van der Waals surface area contributed by atoms with Gasteiger partial charge in [-0.1, -0.05) is 31.2 Å². The van der Waals surface area contributed by atoms with E-state index in [1.165, 1.54) is 0 Å². The van der Waals surface area contributed by atoms with E-state index in [-0.39, 0.29) is 0 Å². The summed E-state index contributed by atoms with van der Waals surface area (Å²) in [5.41, 5.74) is 1.61. The van der Waals surface area contributed by atoms with Crippen molar-refractivity contribution in [1.29, 1.82) is 0 Å². The summed E-state index contributed by atoms with van der Waals surface area (Å²) in [7, 11) is -1.03. The summed E-state index contributed by atoms with van der Waals surface area (Å²) in [6.45, 7) is 8.28. The highest BCUT2D eigenvalue weighted by molar-refractivity contribution is 6.76. The predicted octanol–water partition coefficient (Wildman–Crippen LogP) is 3.40. The van der Waals surface area contributed by atoms with Crippen LogP contribution in [0.25, 0.3) is 11.2 Å². The lowest BCUT2D eigenvalue weighted by atomic mass is 10.4. The maximum Gasteiger partial charge on any atom is 0.163 e. The van der Waals surface area contributed by atoms with Crippen LogP contribution in [-0.2, 0) is 11.5 Å². The smallest absolute Gasteiger partial charge is 0.163 e. The lowest BCUT2D eigenvalue weighted by Gasteiger charge is -2.15. The molecule has 0 aromatic carbocycles. The molecule has 0 saturated heterocycles. The van der Waals surface area contributed by atoms with Crippen molar-refractivity contribution in [2.45, 2.75) is 32.4 Å². The van der Waals surface area contributed by atoms with Crippen molar-refractivity contribution in [3.8, 4) is 0 Å². The first-order valence-corrected chi connectivity index (χ1v) is 10.1. The third kappa shape index (κ3) is 3.54. The molecule has 0 bridgehead atoms. The van der Waals surface area contributed by atoms with Crippen LogP contribution in [0.5, 0.6) is 0 Å². The predicted molar refractivity (Wildman–Crippen MR) is 76.6 cm³/mol. The van der Waals surface area contributed by atoms with Crippen molar-refractivity contribution in [1.82, 2.24) is 14.5 Å². The van der Waals surface area contributed by atoms with Gasteiger partial charge in [-0.3, -0.25) is 4.57 Å². The average Bonchev–Trinajstić information content (AvgIpc) is 2.66. The second-order valence-electron chi connectivity index (χ2n) is 5.54. The molecule has 0 N–H and O–H groups in total. The third-order valence-corrected chi connectivity index (χ3v) is 4.57. The number of hydrogen-bond acceptors (Lipinski definition) is 3. The van der Waals surface area contributed by atoms with Crippen molar-refractivity contribution in [2.24, 2.45) is 0 Å². The van der Waals surface area contributed by atoms with Crippen LogP contribution in [0.1, 0.15) is 0 Å². The zero-order valence-corrected chi connectivity index (χ0v) is 12.7. The summed E-state index contributed by atoms with van der Waals surface area (Å²) in [5, 5.41) is 0.478. The Hall–Kier alpha value is -0.913. The maximum absolute atomic E-state index is 5.88. The van der Waals surface area contributed by atoms with E-state index in [9.17, 15) is 0 Å². The molecule has 0 radical (unpaired) electrons. The third-order valence-electron chi connectivity index (χ3n) is 2.66. The molecule has 0 aliphatic carbocycles. The fourth-order valence-corrected chi connectivity index (χ4v) is 2.45. The standard InChI is InChI=1S/C12H18ClN3OSi/c1-18(2,3)7-6-17-9-16-8-14-10-4-5-11(13)15-12(10)16/h4-5,8H,6-7,9H2,1-3H3. The van der Waals surface area contributed by atoms with Gasteiger partial charge in [-0.15, -0.1) is 0 Å². The van der Waals surface area contributed by atoms with Gasteiger partial charge in [0.05, 0.1) is 6.33 Å². The number of imidazole rings is 1. The van der Waals surface area contributed by atoms with Crippen LogP contribution in [0.2, 0.25) is 30.8 Å². The van der Waals surface area contributed by atoms with E-state index in [0.717, 1.165) is 23.8 Å². The van der Waals surface area contributed by atoms with Gasteiger partial charge in [0.2, 0.25) is 0 Å². The molecule has 4 nitrogen and oxygen atoms in total. The number of hydrogen-bond donors (Lipinski definition) is 0. The normalized spacial score (nSPS) is 12.2. The largest absolute Gasteiger partial charge is 0.361 e. The topological polar surface area (TPSA) is 39.9 Å². The quantitative estimate of drug-likeness (QED) is 0.480. The Labute approximate surface area is 113 Å². The Balaban J connectivity index is 1.98. The van der Waals surface area contributed by atoms with Gasteiger partial charge in [0.25, 0.3) is 0 Å². The van der Waals surface area contributed by atoms with Crippen LogP contribution in [0.15, 0.2) is 18.5 Å². The van der Waals surface area contributed by atoms with Gasteiger partial charge < -0.3 is 4.74 Å². The molecule has 0 spiro atoms. The Bertz CT molecular complexity index is 536. The van der Waals surface area contributed by atoms with Gasteiger partial charge in [-0.2, -0.15) is 0 Å². The highest BCUT2D eigenvalue weighted by atomic mass is 35.5. The van der Waals surface area contributed by atoms with E-state index in [2.05, 4.69) is 29.6 Å². The van der Waals surface area contributed by atoms with Gasteiger partial charge in [0, 0.05) is 14.7 Å². The molecule has 0 amide bonds. The lowest BCUT2D eigenvalue weighted by Crippen LogP contribution is -2.22. The zero-order chi connectivity index (χ0) is 13.2. The Morgan fingerprint density at radius 2 is 2.11 bits per heavy atom. The summed E-state index contributed by atoms with van der Waals surface area (Å²) in [6.07, 6.45) is 1.74. The van der Waals surface area contributed by atoms with Gasteiger partial charge in [-0.05, 0) is 18.2 Å². The molecule has 0 unspecified atom stereocenters. The molecule has 0 aliphatic rings. The minimum atomic E-state index is -1.03. The SMILES string of the molecule is C[Si](C)(C)CCOCn1cnc2ccc(Cl)nc21. The molecule has 0 fully saturated rings.